The van der Waals surface area contributed by atoms with Gasteiger partial charge in [-0.2, -0.15) is 0 Å². The molecule has 0 bridgehead atoms. The van der Waals surface area contributed by atoms with E-state index in [1.54, 1.807) is 12.1 Å². The molecule has 0 fully saturated rings. The molecule has 0 radical (unpaired) electrons. The van der Waals surface area contributed by atoms with Crippen molar-refractivity contribution in [3.05, 3.63) is 38.9 Å². The van der Waals surface area contributed by atoms with Crippen LogP contribution in [0.25, 0.3) is 0 Å². The first-order valence-electron chi connectivity index (χ1n) is 5.90. The highest BCUT2D eigenvalue weighted by molar-refractivity contribution is 8.00. The fraction of sp³-hybridized carbons (Fsp3) is 0.333. The number of aromatic nitrogens is 2. The minimum Gasteiger partial charge on any atom is -0.479 e. The van der Waals surface area contributed by atoms with Gasteiger partial charge in [0.25, 0.3) is 0 Å². The number of nitrogens with zero attached hydrogens (tertiary/aromatic N) is 3. The molecular weight excluding hydrogens is 298 g/mol. The lowest BCUT2D eigenvalue weighted by Crippen LogP contribution is -1.99. The van der Waals surface area contributed by atoms with E-state index < -0.39 is 4.92 Å². The summed E-state index contributed by atoms with van der Waals surface area (Å²) < 4.78 is 6.35. The molecule has 1 aromatic heterocycles. The van der Waals surface area contributed by atoms with Gasteiger partial charge in [-0.1, -0.05) is 36.1 Å². The fourth-order valence-electron chi connectivity index (χ4n) is 1.57. The maximum atomic E-state index is 11.0. The molecule has 1 aromatic carbocycles. The SMILES string of the molecule is CCc1ccc(OCc2nnc(SC)s2)c([N+](=O)[O-])c1. The van der Waals surface area contributed by atoms with Gasteiger partial charge in [0, 0.05) is 6.07 Å². The van der Waals surface area contributed by atoms with Crippen molar-refractivity contribution < 1.29 is 9.66 Å². The van der Waals surface area contributed by atoms with Crippen LogP contribution in [0.2, 0.25) is 0 Å². The summed E-state index contributed by atoms with van der Waals surface area (Å²) in [6, 6.07) is 5.01. The average Bonchev–Trinajstić information content (AvgIpc) is 2.92. The molecule has 0 unspecified atom stereocenters. The normalized spacial score (nSPS) is 10.5. The van der Waals surface area contributed by atoms with Gasteiger partial charge in [-0.3, -0.25) is 10.1 Å². The molecule has 0 aliphatic heterocycles. The highest BCUT2D eigenvalue weighted by Crippen LogP contribution is 2.29. The Morgan fingerprint density at radius 3 is 2.85 bits per heavy atom. The van der Waals surface area contributed by atoms with Crippen molar-refractivity contribution in [1.82, 2.24) is 10.2 Å². The quantitative estimate of drug-likeness (QED) is 0.462. The number of hydrogen-bond donors (Lipinski definition) is 0. The van der Waals surface area contributed by atoms with Crippen LogP contribution in [-0.4, -0.2) is 21.4 Å². The Morgan fingerprint density at radius 2 is 2.25 bits per heavy atom. The minimum atomic E-state index is -0.429. The molecule has 0 spiro atoms. The Labute approximate surface area is 124 Å². The zero-order valence-corrected chi connectivity index (χ0v) is 12.7. The summed E-state index contributed by atoms with van der Waals surface area (Å²) in [5, 5.41) is 19.7. The van der Waals surface area contributed by atoms with E-state index in [1.807, 2.05) is 19.2 Å². The molecule has 0 saturated heterocycles. The van der Waals surface area contributed by atoms with Gasteiger partial charge in [-0.25, -0.2) is 0 Å². The van der Waals surface area contributed by atoms with Crippen LogP contribution < -0.4 is 4.74 Å². The summed E-state index contributed by atoms with van der Waals surface area (Å²) >= 11 is 2.93. The van der Waals surface area contributed by atoms with Crippen LogP contribution in [0.4, 0.5) is 5.69 Å². The average molecular weight is 311 g/mol. The van der Waals surface area contributed by atoms with Gasteiger partial charge in [-0.05, 0) is 24.3 Å². The number of ether oxygens (including phenoxy) is 1. The maximum absolute atomic E-state index is 11.0. The van der Waals surface area contributed by atoms with E-state index in [9.17, 15) is 10.1 Å². The second-order valence-corrected chi connectivity index (χ2v) is 5.98. The molecule has 6 nitrogen and oxygen atoms in total. The van der Waals surface area contributed by atoms with Crippen LogP contribution in [0, 0.1) is 10.1 Å². The third kappa shape index (κ3) is 3.45. The van der Waals surface area contributed by atoms with E-state index in [0.29, 0.717) is 5.01 Å². The van der Waals surface area contributed by atoms with E-state index in [-0.39, 0.29) is 18.0 Å². The lowest BCUT2D eigenvalue weighted by molar-refractivity contribution is -0.386. The van der Waals surface area contributed by atoms with Gasteiger partial charge in [0.05, 0.1) is 4.92 Å². The summed E-state index contributed by atoms with van der Waals surface area (Å²) in [5.74, 6) is 0.258. The first-order chi connectivity index (χ1) is 9.63. The van der Waals surface area contributed by atoms with Gasteiger partial charge in [0.2, 0.25) is 0 Å². The van der Waals surface area contributed by atoms with Crippen molar-refractivity contribution in [2.75, 3.05) is 6.26 Å². The number of aryl methyl sites for hydroxylation is 1. The molecule has 1 heterocycles. The summed E-state index contributed by atoms with van der Waals surface area (Å²) in [6.07, 6.45) is 2.66. The third-order valence-corrected chi connectivity index (χ3v) is 4.47. The van der Waals surface area contributed by atoms with Crippen LogP contribution in [0.5, 0.6) is 5.75 Å². The smallest absolute Gasteiger partial charge is 0.311 e. The van der Waals surface area contributed by atoms with E-state index in [1.165, 1.54) is 23.1 Å². The molecule has 2 rings (SSSR count). The van der Waals surface area contributed by atoms with Crippen molar-refractivity contribution in [3.8, 4) is 5.75 Å². The molecule has 2 aromatic rings. The highest BCUT2D eigenvalue weighted by Gasteiger charge is 2.16. The fourth-order valence-corrected chi connectivity index (χ4v) is 2.79. The van der Waals surface area contributed by atoms with Crippen molar-refractivity contribution in [2.45, 2.75) is 24.3 Å². The van der Waals surface area contributed by atoms with E-state index in [0.717, 1.165) is 16.3 Å². The van der Waals surface area contributed by atoms with Gasteiger partial charge in [0.1, 0.15) is 6.61 Å². The van der Waals surface area contributed by atoms with E-state index in [2.05, 4.69) is 10.2 Å². The molecule has 106 valence electrons. The van der Waals surface area contributed by atoms with Gasteiger partial charge in [0.15, 0.2) is 15.1 Å². The Morgan fingerprint density at radius 1 is 1.45 bits per heavy atom. The topological polar surface area (TPSA) is 78.2 Å². The second-order valence-electron chi connectivity index (χ2n) is 3.87. The Hall–Kier alpha value is -1.67. The van der Waals surface area contributed by atoms with Crippen LogP contribution in [-0.2, 0) is 13.0 Å². The summed E-state index contributed by atoms with van der Waals surface area (Å²) in [5.41, 5.74) is 0.892. The molecule has 20 heavy (non-hydrogen) atoms. The summed E-state index contributed by atoms with van der Waals surface area (Å²) in [6.45, 7) is 2.13. The van der Waals surface area contributed by atoms with Gasteiger partial charge >= 0.3 is 5.69 Å². The molecule has 0 amide bonds. The van der Waals surface area contributed by atoms with E-state index in [4.69, 9.17) is 4.74 Å². The predicted octanol–water partition coefficient (Wildman–Crippen LogP) is 3.31. The lowest BCUT2D eigenvalue weighted by Gasteiger charge is -2.06. The van der Waals surface area contributed by atoms with Crippen molar-refractivity contribution in [2.24, 2.45) is 0 Å². The Kier molecular flexibility index (Phi) is 4.91. The zero-order valence-electron chi connectivity index (χ0n) is 11.0. The first-order valence-corrected chi connectivity index (χ1v) is 7.94. The number of thioether (sulfide) groups is 1. The second kappa shape index (κ2) is 6.67. The Bertz CT molecular complexity index is 616. The number of benzene rings is 1. The van der Waals surface area contributed by atoms with Gasteiger partial charge in [-0.15, -0.1) is 10.2 Å². The van der Waals surface area contributed by atoms with Crippen LogP contribution in [0.1, 0.15) is 17.5 Å². The first kappa shape index (κ1) is 14.7. The van der Waals surface area contributed by atoms with Crippen LogP contribution in [0.3, 0.4) is 0 Å². The summed E-state index contributed by atoms with van der Waals surface area (Å²) in [4.78, 5) is 10.6. The third-order valence-electron chi connectivity index (χ3n) is 2.60. The number of hydrogen-bond acceptors (Lipinski definition) is 7. The molecule has 0 saturated carbocycles. The zero-order chi connectivity index (χ0) is 14.5. The van der Waals surface area contributed by atoms with E-state index >= 15 is 0 Å². The van der Waals surface area contributed by atoms with Crippen LogP contribution >= 0.6 is 23.1 Å². The minimum absolute atomic E-state index is 0.0149. The molecule has 0 atom stereocenters. The monoisotopic (exact) mass is 311 g/mol. The molecule has 0 aliphatic carbocycles. The largest absolute Gasteiger partial charge is 0.479 e. The molecule has 8 heteroatoms. The molecular formula is C12H13N3O3S2. The molecule has 0 aliphatic rings. The number of nitro groups is 1. The van der Waals surface area contributed by atoms with Crippen molar-refractivity contribution >= 4 is 28.8 Å². The Balaban J connectivity index is 2.14. The predicted molar refractivity (Wildman–Crippen MR) is 78.5 cm³/mol. The van der Waals surface area contributed by atoms with Crippen molar-refractivity contribution in [1.29, 1.82) is 0 Å². The maximum Gasteiger partial charge on any atom is 0.311 e. The number of rotatable bonds is 6. The van der Waals surface area contributed by atoms with Gasteiger partial charge < -0.3 is 4.74 Å². The highest BCUT2D eigenvalue weighted by atomic mass is 32.2. The molecule has 0 N–H and O–H groups in total. The van der Waals surface area contributed by atoms with Crippen LogP contribution in [0.15, 0.2) is 22.5 Å². The lowest BCUT2D eigenvalue weighted by atomic mass is 10.1. The summed E-state index contributed by atoms with van der Waals surface area (Å²) in [7, 11) is 0. The standard InChI is InChI=1S/C12H13N3O3S2/c1-3-8-4-5-10(9(6-8)15(16)17)18-7-11-13-14-12(19-2)20-11/h4-6H,3,7H2,1-2H3. The number of nitro benzene ring substituents is 1. The van der Waals surface area contributed by atoms with Crippen molar-refractivity contribution in [3.63, 3.8) is 0 Å².